The molecular formula is C8H6BrNS2. The van der Waals surface area contributed by atoms with Crippen molar-refractivity contribution in [3.8, 4) is 0 Å². The molecule has 4 heteroatoms. The lowest BCUT2D eigenvalue weighted by Crippen LogP contribution is -1.83. The van der Waals surface area contributed by atoms with Crippen molar-refractivity contribution >= 4 is 55.7 Å². The van der Waals surface area contributed by atoms with Crippen molar-refractivity contribution < 1.29 is 0 Å². The molecule has 0 aliphatic carbocycles. The normalized spacial score (nSPS) is 10.8. The summed E-state index contributed by atoms with van der Waals surface area (Å²) in [7, 11) is 0. The van der Waals surface area contributed by atoms with E-state index in [1.807, 2.05) is 12.1 Å². The Morgan fingerprint density at radius 2 is 2.08 bits per heavy atom. The van der Waals surface area contributed by atoms with E-state index in [4.69, 9.17) is 5.73 Å². The summed E-state index contributed by atoms with van der Waals surface area (Å²) in [5.74, 6) is 0. The summed E-state index contributed by atoms with van der Waals surface area (Å²) in [5.41, 5.74) is 6.61. The van der Waals surface area contributed by atoms with Crippen LogP contribution in [-0.2, 0) is 0 Å². The maximum atomic E-state index is 5.81. The minimum Gasteiger partial charge on any atom is -0.398 e. The summed E-state index contributed by atoms with van der Waals surface area (Å²) in [6.07, 6.45) is 0. The van der Waals surface area contributed by atoms with Crippen molar-refractivity contribution in [2.24, 2.45) is 0 Å². The molecule has 0 aliphatic heterocycles. The van der Waals surface area contributed by atoms with Gasteiger partial charge in [0.2, 0.25) is 0 Å². The summed E-state index contributed by atoms with van der Waals surface area (Å²) < 4.78 is 3.18. The summed E-state index contributed by atoms with van der Waals surface area (Å²) in [5, 5.41) is 1.09. The van der Waals surface area contributed by atoms with Crippen molar-refractivity contribution in [1.82, 2.24) is 0 Å². The Labute approximate surface area is 88.1 Å². The van der Waals surface area contributed by atoms with Crippen LogP contribution >= 0.6 is 39.9 Å². The molecule has 0 aliphatic rings. The van der Waals surface area contributed by atoms with Gasteiger partial charge in [-0.1, -0.05) is 15.9 Å². The van der Waals surface area contributed by atoms with E-state index >= 15 is 0 Å². The van der Waals surface area contributed by atoms with Gasteiger partial charge in [-0.15, -0.1) is 24.0 Å². The number of fused-ring (bicyclic) bond motifs is 1. The lowest BCUT2D eigenvalue weighted by Gasteiger charge is -1.96. The molecular weight excluding hydrogens is 254 g/mol. The minimum atomic E-state index is 0.802. The third-order valence-electron chi connectivity index (χ3n) is 1.62. The van der Waals surface area contributed by atoms with Gasteiger partial charge in [0.05, 0.1) is 4.21 Å². The van der Waals surface area contributed by atoms with E-state index in [1.165, 1.54) is 4.70 Å². The lowest BCUT2D eigenvalue weighted by atomic mass is 10.2. The molecule has 0 saturated carbocycles. The first-order chi connectivity index (χ1) is 5.66. The molecule has 0 saturated heterocycles. The fourth-order valence-electron chi connectivity index (χ4n) is 1.12. The maximum absolute atomic E-state index is 5.81. The predicted octanol–water partition coefficient (Wildman–Crippen LogP) is 3.53. The smallest absolute Gasteiger partial charge is 0.0581 e. The van der Waals surface area contributed by atoms with Crippen LogP contribution in [0.15, 0.2) is 26.9 Å². The maximum Gasteiger partial charge on any atom is 0.0581 e. The Bertz CT molecular complexity index is 436. The molecule has 2 aromatic rings. The molecule has 0 amide bonds. The Balaban J connectivity index is 2.88. The molecule has 0 spiro atoms. The van der Waals surface area contributed by atoms with Gasteiger partial charge in [0, 0.05) is 20.2 Å². The van der Waals surface area contributed by atoms with Gasteiger partial charge in [-0.05, 0) is 18.2 Å². The second-order valence-electron chi connectivity index (χ2n) is 2.49. The standard InChI is InChI=1S/C8H6BrNS2/c9-4-1-6(10)5-3-8(11)12-7(5)2-4/h1-3,11H,10H2. The van der Waals surface area contributed by atoms with Crippen LogP contribution in [-0.4, -0.2) is 0 Å². The number of thiophene rings is 1. The van der Waals surface area contributed by atoms with Crippen LogP contribution in [0.1, 0.15) is 0 Å². The average molecular weight is 260 g/mol. The predicted molar refractivity (Wildman–Crippen MR) is 61.2 cm³/mol. The van der Waals surface area contributed by atoms with Gasteiger partial charge in [0.1, 0.15) is 0 Å². The number of anilines is 1. The number of hydrogen-bond acceptors (Lipinski definition) is 3. The molecule has 0 bridgehead atoms. The summed E-state index contributed by atoms with van der Waals surface area (Å²) in [4.78, 5) is 0. The van der Waals surface area contributed by atoms with Gasteiger partial charge in [-0.25, -0.2) is 0 Å². The van der Waals surface area contributed by atoms with Gasteiger partial charge in [0.15, 0.2) is 0 Å². The van der Waals surface area contributed by atoms with Crippen molar-refractivity contribution in [2.75, 3.05) is 5.73 Å². The zero-order chi connectivity index (χ0) is 8.72. The van der Waals surface area contributed by atoms with Gasteiger partial charge in [-0.3, -0.25) is 0 Å². The van der Waals surface area contributed by atoms with Crippen LogP contribution in [0.2, 0.25) is 0 Å². The molecule has 62 valence electrons. The number of nitrogen functional groups attached to an aromatic ring is 1. The van der Waals surface area contributed by atoms with Crippen LogP contribution in [0.4, 0.5) is 5.69 Å². The van der Waals surface area contributed by atoms with E-state index in [2.05, 4.69) is 34.6 Å². The Kier molecular flexibility index (Phi) is 2.06. The monoisotopic (exact) mass is 259 g/mol. The first-order valence-corrected chi connectivity index (χ1v) is 5.40. The summed E-state index contributed by atoms with van der Waals surface area (Å²) in [6.45, 7) is 0. The Hall–Kier alpha value is -0.190. The zero-order valence-electron chi connectivity index (χ0n) is 6.04. The molecule has 0 radical (unpaired) electrons. The van der Waals surface area contributed by atoms with E-state index in [0.29, 0.717) is 0 Å². The van der Waals surface area contributed by atoms with Gasteiger partial charge in [-0.2, -0.15) is 0 Å². The fourth-order valence-corrected chi connectivity index (χ4v) is 3.04. The van der Waals surface area contributed by atoms with Crippen LogP contribution in [0, 0.1) is 0 Å². The van der Waals surface area contributed by atoms with E-state index in [-0.39, 0.29) is 0 Å². The molecule has 0 atom stereocenters. The quantitative estimate of drug-likeness (QED) is 0.550. The molecule has 1 heterocycles. The zero-order valence-corrected chi connectivity index (χ0v) is 9.34. The second-order valence-corrected chi connectivity index (χ2v) is 5.28. The average Bonchev–Trinajstić information content (AvgIpc) is 2.29. The van der Waals surface area contributed by atoms with Crippen LogP contribution in [0.3, 0.4) is 0 Å². The molecule has 1 nitrogen and oxygen atoms in total. The van der Waals surface area contributed by atoms with Crippen LogP contribution < -0.4 is 5.73 Å². The fraction of sp³-hybridized carbons (Fsp3) is 0. The number of benzene rings is 1. The van der Waals surface area contributed by atoms with Gasteiger partial charge < -0.3 is 5.73 Å². The number of nitrogens with two attached hydrogens (primary N) is 1. The summed E-state index contributed by atoms with van der Waals surface area (Å²) >= 11 is 9.30. The molecule has 1 aromatic carbocycles. The highest BCUT2D eigenvalue weighted by molar-refractivity contribution is 9.10. The van der Waals surface area contributed by atoms with Crippen molar-refractivity contribution in [2.45, 2.75) is 4.21 Å². The van der Waals surface area contributed by atoms with Crippen molar-refractivity contribution in [3.05, 3.63) is 22.7 Å². The Morgan fingerprint density at radius 1 is 1.33 bits per heavy atom. The highest BCUT2D eigenvalue weighted by Gasteiger charge is 2.03. The van der Waals surface area contributed by atoms with E-state index in [1.54, 1.807) is 11.3 Å². The third kappa shape index (κ3) is 1.34. The highest BCUT2D eigenvalue weighted by Crippen LogP contribution is 2.34. The number of rotatable bonds is 0. The van der Waals surface area contributed by atoms with Crippen LogP contribution in [0.5, 0.6) is 0 Å². The molecule has 2 rings (SSSR count). The minimum absolute atomic E-state index is 0.802. The molecule has 12 heavy (non-hydrogen) atoms. The molecule has 0 unspecified atom stereocenters. The lowest BCUT2D eigenvalue weighted by molar-refractivity contribution is 1.72. The second kappa shape index (κ2) is 2.94. The first kappa shape index (κ1) is 8.41. The van der Waals surface area contributed by atoms with Crippen molar-refractivity contribution in [3.63, 3.8) is 0 Å². The van der Waals surface area contributed by atoms with Crippen molar-refractivity contribution in [1.29, 1.82) is 0 Å². The number of hydrogen-bond donors (Lipinski definition) is 2. The van der Waals surface area contributed by atoms with E-state index in [0.717, 1.165) is 19.8 Å². The highest BCUT2D eigenvalue weighted by atomic mass is 79.9. The van der Waals surface area contributed by atoms with Crippen LogP contribution in [0.25, 0.3) is 10.1 Å². The largest absolute Gasteiger partial charge is 0.398 e. The van der Waals surface area contributed by atoms with Gasteiger partial charge in [0.25, 0.3) is 0 Å². The number of thiol groups is 1. The van der Waals surface area contributed by atoms with E-state index < -0.39 is 0 Å². The first-order valence-electron chi connectivity index (χ1n) is 3.34. The summed E-state index contributed by atoms with van der Waals surface area (Å²) in [6, 6.07) is 5.95. The SMILES string of the molecule is Nc1cc(Br)cc2sc(S)cc12. The molecule has 0 fully saturated rings. The van der Waals surface area contributed by atoms with Gasteiger partial charge >= 0.3 is 0 Å². The third-order valence-corrected chi connectivity index (χ3v) is 3.37. The van der Waals surface area contributed by atoms with E-state index in [9.17, 15) is 0 Å². The topological polar surface area (TPSA) is 26.0 Å². The Morgan fingerprint density at radius 3 is 2.83 bits per heavy atom. The molecule has 2 N–H and O–H groups in total. The molecule has 1 aromatic heterocycles. The number of halogens is 1.